The lowest BCUT2D eigenvalue weighted by Crippen LogP contribution is -2.21. The summed E-state index contributed by atoms with van der Waals surface area (Å²) in [7, 11) is 1.58. The second-order valence-electron chi connectivity index (χ2n) is 2.28. The van der Waals surface area contributed by atoms with E-state index in [4.69, 9.17) is 0 Å². The van der Waals surface area contributed by atoms with Crippen molar-refractivity contribution >= 4 is 11.3 Å². The van der Waals surface area contributed by atoms with Crippen molar-refractivity contribution in [1.82, 2.24) is 4.31 Å². The van der Waals surface area contributed by atoms with Gasteiger partial charge in [0.1, 0.15) is 0 Å². The molecule has 0 aliphatic heterocycles. The molecule has 0 aromatic rings. The van der Waals surface area contributed by atoms with Gasteiger partial charge in [-0.25, -0.2) is 4.31 Å². The number of unbranched alkanes of at least 4 members (excludes halogenated alkanes) is 2. The lowest BCUT2D eigenvalue weighted by atomic mass is 10.2. The van der Waals surface area contributed by atoms with Crippen molar-refractivity contribution in [2.45, 2.75) is 26.2 Å². The highest BCUT2D eigenvalue weighted by atomic mass is 32.2. The monoisotopic (exact) mass is 164 g/mol. The standard InChI is InChI=1S/C6H15NO2S/c1-3-4-5-6-7(2)10(8)9/h3-6H2,1-2H3,(H,8,9)/p-1. The van der Waals surface area contributed by atoms with E-state index in [9.17, 15) is 8.76 Å². The molecule has 1 atom stereocenters. The van der Waals surface area contributed by atoms with Crippen molar-refractivity contribution < 1.29 is 8.76 Å². The van der Waals surface area contributed by atoms with Gasteiger partial charge in [0.2, 0.25) is 0 Å². The fourth-order valence-corrected chi connectivity index (χ4v) is 0.937. The maximum Gasteiger partial charge on any atom is 0.0206 e. The first-order valence-electron chi connectivity index (χ1n) is 3.49. The van der Waals surface area contributed by atoms with Gasteiger partial charge in [0.25, 0.3) is 0 Å². The minimum absolute atomic E-state index is 0.643. The van der Waals surface area contributed by atoms with Crippen molar-refractivity contribution in [2.24, 2.45) is 0 Å². The molecule has 0 spiro atoms. The van der Waals surface area contributed by atoms with Crippen LogP contribution in [0.4, 0.5) is 0 Å². The predicted molar refractivity (Wildman–Crippen MR) is 41.1 cm³/mol. The summed E-state index contributed by atoms with van der Waals surface area (Å²) in [6.45, 7) is 2.73. The van der Waals surface area contributed by atoms with Gasteiger partial charge in [-0.05, 0) is 13.5 Å². The summed E-state index contributed by atoms with van der Waals surface area (Å²) in [4.78, 5) is 0. The molecule has 0 rings (SSSR count). The van der Waals surface area contributed by atoms with E-state index in [1.807, 2.05) is 0 Å². The smallest absolute Gasteiger partial charge is 0.0206 e. The Morgan fingerprint density at radius 3 is 2.50 bits per heavy atom. The summed E-state index contributed by atoms with van der Waals surface area (Å²) in [5.74, 6) is 0. The fraction of sp³-hybridized carbons (Fsp3) is 1.00. The Kier molecular flexibility index (Phi) is 5.87. The maximum atomic E-state index is 10.2. The number of hydrogen-bond acceptors (Lipinski definition) is 2. The molecular formula is C6H14NO2S-. The molecule has 3 nitrogen and oxygen atoms in total. The van der Waals surface area contributed by atoms with Gasteiger partial charge >= 0.3 is 0 Å². The first-order chi connectivity index (χ1) is 4.68. The summed E-state index contributed by atoms with van der Waals surface area (Å²) in [5, 5.41) is 0. The number of hydrogen-bond donors (Lipinski definition) is 0. The Morgan fingerprint density at radius 2 is 2.10 bits per heavy atom. The molecule has 0 aliphatic rings. The van der Waals surface area contributed by atoms with Crippen molar-refractivity contribution in [3.05, 3.63) is 0 Å². The average Bonchev–Trinajstić information content (AvgIpc) is 1.88. The van der Waals surface area contributed by atoms with Crippen LogP contribution < -0.4 is 0 Å². The Morgan fingerprint density at radius 1 is 1.50 bits per heavy atom. The highest BCUT2D eigenvalue weighted by molar-refractivity contribution is 7.76. The average molecular weight is 164 g/mol. The van der Waals surface area contributed by atoms with Gasteiger partial charge < -0.3 is 4.55 Å². The van der Waals surface area contributed by atoms with Crippen LogP contribution in [0.5, 0.6) is 0 Å². The highest BCUT2D eigenvalue weighted by Crippen LogP contribution is 1.96. The molecular weight excluding hydrogens is 150 g/mol. The highest BCUT2D eigenvalue weighted by Gasteiger charge is 1.94. The topological polar surface area (TPSA) is 43.4 Å². The van der Waals surface area contributed by atoms with Gasteiger partial charge in [-0.3, -0.25) is 4.21 Å². The quantitative estimate of drug-likeness (QED) is 0.447. The van der Waals surface area contributed by atoms with E-state index in [1.165, 1.54) is 4.31 Å². The van der Waals surface area contributed by atoms with Crippen LogP contribution in [0, 0.1) is 0 Å². The number of nitrogens with zero attached hydrogens (tertiary/aromatic N) is 1. The van der Waals surface area contributed by atoms with Gasteiger partial charge in [0.05, 0.1) is 0 Å². The Labute approximate surface area is 64.8 Å². The van der Waals surface area contributed by atoms with Crippen molar-refractivity contribution in [2.75, 3.05) is 13.6 Å². The van der Waals surface area contributed by atoms with Crippen LogP contribution in [0.15, 0.2) is 0 Å². The molecule has 0 aliphatic carbocycles. The zero-order valence-electron chi connectivity index (χ0n) is 6.50. The van der Waals surface area contributed by atoms with Gasteiger partial charge in [-0.1, -0.05) is 19.8 Å². The minimum Gasteiger partial charge on any atom is -0.760 e. The van der Waals surface area contributed by atoms with Crippen LogP contribution in [0.25, 0.3) is 0 Å². The van der Waals surface area contributed by atoms with Crippen LogP contribution in [-0.2, 0) is 11.3 Å². The second kappa shape index (κ2) is 5.82. The molecule has 0 heterocycles. The van der Waals surface area contributed by atoms with E-state index in [0.717, 1.165) is 19.3 Å². The summed E-state index contributed by atoms with van der Waals surface area (Å²) in [6.07, 6.45) is 3.18. The molecule has 0 saturated carbocycles. The van der Waals surface area contributed by atoms with E-state index < -0.39 is 11.3 Å². The van der Waals surface area contributed by atoms with Gasteiger partial charge in [0, 0.05) is 17.8 Å². The van der Waals surface area contributed by atoms with Crippen molar-refractivity contribution in [3.63, 3.8) is 0 Å². The Bertz CT molecular complexity index is 108. The Hall–Kier alpha value is 0.0700. The molecule has 62 valence electrons. The van der Waals surface area contributed by atoms with Gasteiger partial charge in [-0.15, -0.1) is 0 Å². The first-order valence-corrected chi connectivity index (χ1v) is 4.52. The minimum atomic E-state index is -2.03. The zero-order chi connectivity index (χ0) is 7.98. The normalized spacial score (nSPS) is 14.0. The molecule has 0 aromatic heterocycles. The molecule has 0 amide bonds. The van der Waals surface area contributed by atoms with Gasteiger partial charge in [0.15, 0.2) is 0 Å². The third kappa shape index (κ3) is 4.90. The third-order valence-electron chi connectivity index (χ3n) is 1.33. The summed E-state index contributed by atoms with van der Waals surface area (Å²) in [6, 6.07) is 0. The molecule has 0 N–H and O–H groups in total. The van der Waals surface area contributed by atoms with Crippen molar-refractivity contribution in [3.8, 4) is 0 Å². The van der Waals surface area contributed by atoms with E-state index in [0.29, 0.717) is 6.54 Å². The van der Waals surface area contributed by atoms with Crippen LogP contribution in [0.2, 0.25) is 0 Å². The van der Waals surface area contributed by atoms with E-state index in [-0.39, 0.29) is 0 Å². The largest absolute Gasteiger partial charge is 0.760 e. The molecule has 0 bridgehead atoms. The third-order valence-corrected chi connectivity index (χ3v) is 2.02. The molecule has 0 fully saturated rings. The maximum absolute atomic E-state index is 10.2. The zero-order valence-corrected chi connectivity index (χ0v) is 7.32. The lowest BCUT2D eigenvalue weighted by Gasteiger charge is -2.17. The summed E-state index contributed by atoms with van der Waals surface area (Å²) >= 11 is -2.03. The molecule has 1 unspecified atom stereocenters. The van der Waals surface area contributed by atoms with Crippen LogP contribution in [-0.4, -0.2) is 26.7 Å². The van der Waals surface area contributed by atoms with Gasteiger partial charge in [-0.2, -0.15) is 0 Å². The summed E-state index contributed by atoms with van der Waals surface area (Å²) in [5.41, 5.74) is 0. The summed E-state index contributed by atoms with van der Waals surface area (Å²) < 4.78 is 21.8. The Balaban J connectivity index is 3.21. The van der Waals surface area contributed by atoms with Crippen LogP contribution in [0.1, 0.15) is 26.2 Å². The van der Waals surface area contributed by atoms with E-state index in [1.54, 1.807) is 7.05 Å². The lowest BCUT2D eigenvalue weighted by molar-refractivity contribution is 0.423. The molecule has 0 radical (unpaired) electrons. The van der Waals surface area contributed by atoms with Crippen LogP contribution in [0.3, 0.4) is 0 Å². The van der Waals surface area contributed by atoms with Crippen molar-refractivity contribution in [1.29, 1.82) is 0 Å². The predicted octanol–water partition coefficient (Wildman–Crippen LogP) is 0.903. The molecule has 4 heteroatoms. The fourth-order valence-electron chi connectivity index (χ4n) is 0.659. The molecule has 10 heavy (non-hydrogen) atoms. The second-order valence-corrected chi connectivity index (χ2v) is 3.33. The van der Waals surface area contributed by atoms with E-state index in [2.05, 4.69) is 6.92 Å². The molecule has 0 saturated heterocycles. The number of rotatable bonds is 5. The SMILES string of the molecule is CCCCCN(C)S(=O)[O-]. The van der Waals surface area contributed by atoms with E-state index >= 15 is 0 Å². The first kappa shape index (κ1) is 10.1. The molecule has 0 aromatic carbocycles. The van der Waals surface area contributed by atoms with Crippen LogP contribution >= 0.6 is 0 Å².